The average molecular weight is 495 g/mol. The Morgan fingerprint density at radius 1 is 0.935 bits per heavy atom. The van der Waals surface area contributed by atoms with E-state index in [9.17, 15) is 9.59 Å². The van der Waals surface area contributed by atoms with Crippen LogP contribution in [0, 0.1) is 13.8 Å². The second kappa shape index (κ2) is 9.03. The minimum atomic E-state index is -0.372. The van der Waals surface area contributed by atoms with Gasteiger partial charge in [-0.15, -0.1) is 0 Å². The van der Waals surface area contributed by atoms with Gasteiger partial charge in [0.05, 0.1) is 6.54 Å². The summed E-state index contributed by atoms with van der Waals surface area (Å²) in [6.07, 6.45) is 0. The van der Waals surface area contributed by atoms with Gasteiger partial charge >= 0.3 is 0 Å². The van der Waals surface area contributed by atoms with E-state index >= 15 is 0 Å². The summed E-state index contributed by atoms with van der Waals surface area (Å²) in [5, 5.41) is 3.57. The van der Waals surface area contributed by atoms with Gasteiger partial charge in [0.1, 0.15) is 10.6 Å². The summed E-state index contributed by atoms with van der Waals surface area (Å²) in [6.45, 7) is 3.94. The molecule has 0 atom stereocenters. The van der Waals surface area contributed by atoms with E-state index in [-0.39, 0.29) is 29.0 Å². The molecule has 0 unspecified atom stereocenters. The third-order valence-electron chi connectivity index (χ3n) is 4.58. The Labute approximate surface area is 192 Å². The van der Waals surface area contributed by atoms with Crippen LogP contribution in [0.2, 0.25) is 0 Å². The van der Waals surface area contributed by atoms with Gasteiger partial charge in [-0.1, -0.05) is 46.3 Å². The topological polar surface area (TPSA) is 75.2 Å². The number of hydrogen-bond acceptors (Lipinski definition) is 6. The highest BCUT2D eigenvalue weighted by Gasteiger charge is 2.39. The number of aryl methyl sites for hydroxylation is 2. The molecule has 2 heterocycles. The van der Waals surface area contributed by atoms with Gasteiger partial charge in [0, 0.05) is 21.5 Å². The van der Waals surface area contributed by atoms with Gasteiger partial charge in [0.25, 0.3) is 11.8 Å². The molecule has 2 aromatic carbocycles. The molecule has 156 valence electrons. The Morgan fingerprint density at radius 2 is 1.58 bits per heavy atom. The van der Waals surface area contributed by atoms with E-state index in [1.165, 1.54) is 4.90 Å². The number of benzene rings is 2. The van der Waals surface area contributed by atoms with Crippen molar-refractivity contribution in [1.29, 1.82) is 0 Å². The van der Waals surface area contributed by atoms with Crippen molar-refractivity contribution in [2.75, 3.05) is 5.32 Å². The largest absolute Gasteiger partial charge is 0.350 e. The predicted octanol–water partition coefficient (Wildman–Crippen LogP) is 4.84. The quantitative estimate of drug-likeness (QED) is 0.390. The third-order valence-corrected chi connectivity index (χ3v) is 6.05. The van der Waals surface area contributed by atoms with Crippen molar-refractivity contribution in [2.45, 2.75) is 25.5 Å². The summed E-state index contributed by atoms with van der Waals surface area (Å²) in [5.74, 6) is -0.732. The molecule has 6 nitrogen and oxygen atoms in total. The molecule has 0 bridgehead atoms. The molecule has 0 radical (unpaired) electrons. The van der Waals surface area contributed by atoms with Crippen molar-refractivity contribution >= 4 is 45.2 Å². The maximum absolute atomic E-state index is 13.3. The molecule has 0 spiro atoms. The van der Waals surface area contributed by atoms with E-state index in [4.69, 9.17) is 0 Å². The van der Waals surface area contributed by atoms with Crippen LogP contribution in [-0.2, 0) is 16.1 Å². The van der Waals surface area contributed by atoms with Crippen LogP contribution in [0.1, 0.15) is 17.0 Å². The average Bonchev–Trinajstić information content (AvgIpc) is 2.94. The van der Waals surface area contributed by atoms with Gasteiger partial charge in [0.15, 0.2) is 5.16 Å². The third kappa shape index (κ3) is 4.86. The zero-order chi connectivity index (χ0) is 22.0. The summed E-state index contributed by atoms with van der Waals surface area (Å²) in [6, 6.07) is 18.7. The highest BCUT2D eigenvalue weighted by Crippen LogP contribution is 2.35. The van der Waals surface area contributed by atoms with Gasteiger partial charge in [-0.3, -0.25) is 14.5 Å². The van der Waals surface area contributed by atoms with Crippen molar-refractivity contribution in [2.24, 2.45) is 0 Å². The van der Waals surface area contributed by atoms with Gasteiger partial charge in [0.2, 0.25) is 0 Å². The van der Waals surface area contributed by atoms with E-state index in [1.54, 1.807) is 0 Å². The molecule has 1 aliphatic heterocycles. The van der Waals surface area contributed by atoms with Gasteiger partial charge in [-0.2, -0.15) is 0 Å². The minimum Gasteiger partial charge on any atom is -0.350 e. The van der Waals surface area contributed by atoms with Gasteiger partial charge in [-0.05, 0) is 61.5 Å². The lowest BCUT2D eigenvalue weighted by Crippen LogP contribution is -2.31. The first-order valence-corrected chi connectivity index (χ1v) is 11.2. The van der Waals surface area contributed by atoms with Crippen LogP contribution in [0.5, 0.6) is 0 Å². The molecule has 8 heteroatoms. The zero-order valence-corrected chi connectivity index (χ0v) is 19.3. The number of halogens is 1. The number of hydrogen-bond donors (Lipinski definition) is 1. The smallest absolute Gasteiger partial charge is 0.278 e. The van der Waals surface area contributed by atoms with E-state index < -0.39 is 0 Å². The number of rotatable bonds is 6. The van der Waals surface area contributed by atoms with Crippen LogP contribution in [0.25, 0.3) is 0 Å². The van der Waals surface area contributed by atoms with Crippen LogP contribution >= 0.6 is 27.7 Å². The number of carbonyl (C=O) groups is 2. The van der Waals surface area contributed by atoms with Crippen LogP contribution in [0.15, 0.2) is 80.9 Å². The molecule has 0 aliphatic carbocycles. The van der Waals surface area contributed by atoms with Crippen LogP contribution in [0.3, 0.4) is 0 Å². The summed E-state index contributed by atoms with van der Waals surface area (Å²) < 4.78 is 0.921. The summed E-state index contributed by atoms with van der Waals surface area (Å²) >= 11 is 4.52. The summed E-state index contributed by atoms with van der Waals surface area (Å²) in [4.78, 5) is 36.9. The van der Waals surface area contributed by atoms with E-state index in [0.29, 0.717) is 10.8 Å². The minimum absolute atomic E-state index is 0.196. The van der Waals surface area contributed by atoms with Crippen LogP contribution < -0.4 is 5.32 Å². The number of carbonyl (C=O) groups excluding carboxylic acids is 2. The van der Waals surface area contributed by atoms with Crippen LogP contribution in [0.4, 0.5) is 5.69 Å². The van der Waals surface area contributed by atoms with E-state index in [2.05, 4.69) is 31.2 Å². The first-order valence-electron chi connectivity index (χ1n) is 9.58. The van der Waals surface area contributed by atoms with Crippen molar-refractivity contribution in [3.8, 4) is 0 Å². The number of nitrogens with zero attached hydrogens (tertiary/aromatic N) is 3. The lowest BCUT2D eigenvalue weighted by Gasteiger charge is -2.15. The fraction of sp³-hybridized carbons (Fsp3) is 0.130. The normalized spacial score (nSPS) is 13.8. The Bertz CT molecular complexity index is 1160. The molecule has 31 heavy (non-hydrogen) atoms. The number of aromatic nitrogens is 2. The number of amides is 2. The predicted molar refractivity (Wildman–Crippen MR) is 124 cm³/mol. The van der Waals surface area contributed by atoms with Crippen molar-refractivity contribution in [3.05, 3.63) is 92.7 Å². The van der Waals surface area contributed by atoms with Gasteiger partial charge < -0.3 is 5.32 Å². The molecule has 0 saturated carbocycles. The molecule has 4 rings (SSSR count). The summed E-state index contributed by atoms with van der Waals surface area (Å²) in [7, 11) is 0. The molecule has 1 N–H and O–H groups in total. The van der Waals surface area contributed by atoms with Crippen molar-refractivity contribution in [3.63, 3.8) is 0 Å². The lowest BCUT2D eigenvalue weighted by atomic mass is 10.2. The first-order chi connectivity index (χ1) is 14.9. The molecular weight excluding hydrogens is 476 g/mol. The molecule has 1 aromatic heterocycles. The number of imide groups is 1. The highest BCUT2D eigenvalue weighted by molar-refractivity contribution is 9.10. The Hall–Kier alpha value is -2.97. The monoisotopic (exact) mass is 494 g/mol. The molecular formula is C23H19BrN4O2S. The Morgan fingerprint density at radius 3 is 2.23 bits per heavy atom. The maximum atomic E-state index is 13.3. The number of nitrogens with one attached hydrogen (secondary N) is 1. The van der Waals surface area contributed by atoms with Crippen molar-refractivity contribution in [1.82, 2.24) is 14.9 Å². The maximum Gasteiger partial charge on any atom is 0.278 e. The fourth-order valence-electron chi connectivity index (χ4n) is 3.18. The highest BCUT2D eigenvalue weighted by atomic mass is 79.9. The Kier molecular flexibility index (Phi) is 6.20. The zero-order valence-electron chi connectivity index (χ0n) is 16.9. The summed E-state index contributed by atoms with van der Waals surface area (Å²) in [5.41, 5.74) is 3.42. The molecule has 2 amide bonds. The van der Waals surface area contributed by atoms with E-state index in [1.807, 2.05) is 74.5 Å². The number of thioether (sulfide) groups is 1. The molecule has 1 aliphatic rings. The standard InChI is InChI=1S/C23H19BrN4O2S/c1-14-12-15(2)26-23(25-14)31-20-19(27-18-10-8-17(24)9-11-18)21(29)28(22(20)30)13-16-6-4-3-5-7-16/h3-12,27H,13H2,1-2H3. The number of anilines is 1. The van der Waals surface area contributed by atoms with Crippen LogP contribution in [-0.4, -0.2) is 26.7 Å². The van der Waals surface area contributed by atoms with Crippen molar-refractivity contribution < 1.29 is 9.59 Å². The molecule has 0 saturated heterocycles. The van der Waals surface area contributed by atoms with Gasteiger partial charge in [-0.25, -0.2) is 9.97 Å². The molecule has 3 aromatic rings. The first kappa shape index (κ1) is 21.3. The second-order valence-electron chi connectivity index (χ2n) is 7.05. The SMILES string of the molecule is Cc1cc(C)nc(SC2=C(Nc3ccc(Br)cc3)C(=O)N(Cc3ccccc3)C2=O)n1. The fourth-order valence-corrected chi connectivity index (χ4v) is 4.44. The van der Waals surface area contributed by atoms with E-state index in [0.717, 1.165) is 33.2 Å². The second-order valence-corrected chi connectivity index (χ2v) is 8.95. The Balaban J connectivity index is 1.69. The lowest BCUT2D eigenvalue weighted by molar-refractivity contribution is -0.137. The molecule has 0 fully saturated rings.